The molecule has 3 rings (SSSR count). The van der Waals surface area contributed by atoms with Crippen molar-refractivity contribution in [2.45, 2.75) is 33.1 Å². The zero-order chi connectivity index (χ0) is 17.8. The normalized spacial score (nSPS) is 12.5. The number of aromatic nitrogens is 2. The number of benzene rings is 2. The van der Waals surface area contributed by atoms with Gasteiger partial charge in [0.1, 0.15) is 17.7 Å². The summed E-state index contributed by atoms with van der Waals surface area (Å²) in [6, 6.07) is 13.5. The second kappa shape index (κ2) is 7.60. The topological polar surface area (TPSA) is 35.0 Å². The minimum atomic E-state index is -0.362. The molecule has 3 aromatic rings. The number of fused-ring (bicyclic) bond motifs is 1. The van der Waals surface area contributed by atoms with Crippen LogP contribution < -0.4 is 4.74 Å². The predicted octanol–water partition coefficient (Wildman–Crippen LogP) is 5.15. The van der Waals surface area contributed by atoms with Crippen LogP contribution in [-0.2, 0) is 6.42 Å². The molecule has 25 heavy (non-hydrogen) atoms. The fourth-order valence-corrected chi connectivity index (χ4v) is 2.90. The van der Waals surface area contributed by atoms with E-state index in [9.17, 15) is 4.39 Å². The molecule has 1 aromatic heterocycles. The Kier molecular flexibility index (Phi) is 5.27. The monoisotopic (exact) mass is 338 g/mol. The highest BCUT2D eigenvalue weighted by molar-refractivity contribution is 5.83. The molecule has 4 heteroatoms. The SMILES string of the molecule is CC(C)Cc1ccc(C(C)COc2ncnc3c(F)cccc23)cc1. The molecule has 130 valence electrons. The standard InChI is InChI=1S/C21H23FN2O/c1-14(2)11-16-7-9-17(10-8-16)15(3)12-25-21-18-5-4-6-19(22)20(18)23-13-24-21/h4-10,13-15H,11-12H2,1-3H3. The van der Waals surface area contributed by atoms with Crippen LogP contribution in [0.5, 0.6) is 5.88 Å². The van der Waals surface area contributed by atoms with Gasteiger partial charge in [0.15, 0.2) is 0 Å². The van der Waals surface area contributed by atoms with Gasteiger partial charge in [0, 0.05) is 5.92 Å². The summed E-state index contributed by atoms with van der Waals surface area (Å²) in [5.74, 6) is 0.927. The van der Waals surface area contributed by atoms with Gasteiger partial charge in [-0.15, -0.1) is 0 Å². The Morgan fingerprint density at radius 2 is 1.76 bits per heavy atom. The number of hydrogen-bond acceptors (Lipinski definition) is 3. The van der Waals surface area contributed by atoms with Gasteiger partial charge in [-0.2, -0.15) is 0 Å². The molecule has 0 aliphatic carbocycles. The van der Waals surface area contributed by atoms with Crippen LogP contribution in [0, 0.1) is 11.7 Å². The van der Waals surface area contributed by atoms with Crippen molar-refractivity contribution in [1.29, 1.82) is 0 Å². The van der Waals surface area contributed by atoms with E-state index in [0.29, 0.717) is 23.8 Å². The summed E-state index contributed by atoms with van der Waals surface area (Å²) in [6.45, 7) is 7.03. The molecule has 0 saturated heterocycles. The molecule has 0 bridgehead atoms. The molecular formula is C21H23FN2O. The van der Waals surface area contributed by atoms with Gasteiger partial charge in [0.05, 0.1) is 12.0 Å². The van der Waals surface area contributed by atoms with Crippen molar-refractivity contribution in [2.24, 2.45) is 5.92 Å². The van der Waals surface area contributed by atoms with Gasteiger partial charge >= 0.3 is 0 Å². The lowest BCUT2D eigenvalue weighted by Gasteiger charge is -2.15. The summed E-state index contributed by atoms with van der Waals surface area (Å²) < 4.78 is 19.7. The number of hydrogen-bond donors (Lipinski definition) is 0. The summed E-state index contributed by atoms with van der Waals surface area (Å²) in [6.07, 6.45) is 2.43. The Morgan fingerprint density at radius 3 is 2.48 bits per heavy atom. The molecule has 0 saturated carbocycles. The minimum Gasteiger partial charge on any atom is -0.477 e. The molecule has 0 radical (unpaired) electrons. The van der Waals surface area contributed by atoms with Gasteiger partial charge in [-0.1, -0.05) is 51.1 Å². The van der Waals surface area contributed by atoms with Crippen molar-refractivity contribution in [2.75, 3.05) is 6.61 Å². The van der Waals surface area contributed by atoms with Crippen LogP contribution in [0.3, 0.4) is 0 Å². The Balaban J connectivity index is 1.70. The van der Waals surface area contributed by atoms with E-state index in [1.165, 1.54) is 23.5 Å². The lowest BCUT2D eigenvalue weighted by molar-refractivity contribution is 0.288. The first-order chi connectivity index (χ1) is 12.0. The van der Waals surface area contributed by atoms with E-state index in [1.54, 1.807) is 12.1 Å². The third-order valence-electron chi connectivity index (χ3n) is 4.24. The highest BCUT2D eigenvalue weighted by atomic mass is 19.1. The zero-order valence-corrected chi connectivity index (χ0v) is 14.9. The third-order valence-corrected chi connectivity index (χ3v) is 4.24. The van der Waals surface area contributed by atoms with Crippen molar-refractivity contribution >= 4 is 10.9 Å². The van der Waals surface area contributed by atoms with Crippen molar-refractivity contribution < 1.29 is 9.13 Å². The van der Waals surface area contributed by atoms with Crippen molar-refractivity contribution in [1.82, 2.24) is 9.97 Å². The van der Waals surface area contributed by atoms with Crippen LogP contribution in [0.2, 0.25) is 0 Å². The van der Waals surface area contributed by atoms with Gasteiger partial charge in [-0.25, -0.2) is 14.4 Å². The molecule has 0 amide bonds. The van der Waals surface area contributed by atoms with Crippen LogP contribution in [0.1, 0.15) is 37.8 Å². The lowest BCUT2D eigenvalue weighted by Crippen LogP contribution is -2.08. The van der Waals surface area contributed by atoms with Crippen molar-refractivity contribution in [3.05, 3.63) is 65.7 Å². The van der Waals surface area contributed by atoms with E-state index in [2.05, 4.69) is 55.0 Å². The Hall–Kier alpha value is -2.49. The summed E-state index contributed by atoms with van der Waals surface area (Å²) in [5.41, 5.74) is 2.86. The highest BCUT2D eigenvalue weighted by Gasteiger charge is 2.11. The van der Waals surface area contributed by atoms with Gasteiger partial charge in [0.25, 0.3) is 0 Å². The quantitative estimate of drug-likeness (QED) is 0.623. The third kappa shape index (κ3) is 4.13. The van der Waals surface area contributed by atoms with Crippen molar-refractivity contribution in [3.63, 3.8) is 0 Å². The molecule has 2 aromatic carbocycles. The van der Waals surface area contributed by atoms with Crippen LogP contribution in [-0.4, -0.2) is 16.6 Å². The maximum Gasteiger partial charge on any atom is 0.224 e. The minimum absolute atomic E-state index is 0.215. The Bertz CT molecular complexity index is 846. The van der Waals surface area contributed by atoms with Gasteiger partial charge < -0.3 is 4.74 Å². The maximum atomic E-state index is 13.8. The summed E-state index contributed by atoms with van der Waals surface area (Å²) in [4.78, 5) is 8.15. The molecule has 0 fully saturated rings. The smallest absolute Gasteiger partial charge is 0.224 e. The van der Waals surface area contributed by atoms with E-state index in [4.69, 9.17) is 4.74 Å². The van der Waals surface area contributed by atoms with E-state index in [-0.39, 0.29) is 17.3 Å². The largest absolute Gasteiger partial charge is 0.477 e. The average Bonchev–Trinajstić information content (AvgIpc) is 2.60. The first-order valence-corrected chi connectivity index (χ1v) is 8.65. The van der Waals surface area contributed by atoms with Crippen LogP contribution in [0.15, 0.2) is 48.8 Å². The van der Waals surface area contributed by atoms with E-state index < -0.39 is 0 Å². The Labute approximate surface area is 147 Å². The van der Waals surface area contributed by atoms with Gasteiger partial charge in [-0.3, -0.25) is 0 Å². The average molecular weight is 338 g/mol. The van der Waals surface area contributed by atoms with E-state index in [1.807, 2.05) is 0 Å². The second-order valence-corrected chi connectivity index (χ2v) is 6.87. The summed E-state index contributed by atoms with van der Waals surface area (Å²) in [5, 5.41) is 0.599. The fourth-order valence-electron chi connectivity index (χ4n) is 2.90. The second-order valence-electron chi connectivity index (χ2n) is 6.87. The van der Waals surface area contributed by atoms with Crippen LogP contribution in [0.25, 0.3) is 10.9 Å². The first-order valence-electron chi connectivity index (χ1n) is 8.65. The van der Waals surface area contributed by atoms with E-state index >= 15 is 0 Å². The van der Waals surface area contributed by atoms with E-state index in [0.717, 1.165) is 6.42 Å². The number of halogens is 1. The first kappa shape index (κ1) is 17.3. The molecular weight excluding hydrogens is 315 g/mol. The predicted molar refractivity (Wildman–Crippen MR) is 98.4 cm³/mol. The molecule has 0 N–H and O–H groups in total. The van der Waals surface area contributed by atoms with Gasteiger partial charge in [-0.05, 0) is 35.6 Å². The number of ether oxygens (including phenoxy) is 1. The van der Waals surface area contributed by atoms with Crippen LogP contribution in [0.4, 0.5) is 4.39 Å². The molecule has 0 aliphatic rings. The molecule has 1 heterocycles. The highest BCUT2D eigenvalue weighted by Crippen LogP contribution is 2.25. The summed E-state index contributed by atoms with van der Waals surface area (Å²) in [7, 11) is 0. The molecule has 1 atom stereocenters. The zero-order valence-electron chi connectivity index (χ0n) is 14.9. The fraction of sp³-hybridized carbons (Fsp3) is 0.333. The maximum absolute atomic E-state index is 13.8. The molecule has 0 aliphatic heterocycles. The van der Waals surface area contributed by atoms with Crippen molar-refractivity contribution in [3.8, 4) is 5.88 Å². The van der Waals surface area contributed by atoms with Gasteiger partial charge in [0.2, 0.25) is 5.88 Å². The van der Waals surface area contributed by atoms with Crippen LogP contribution >= 0.6 is 0 Å². The number of rotatable bonds is 6. The number of nitrogens with zero attached hydrogens (tertiary/aromatic N) is 2. The lowest BCUT2D eigenvalue weighted by atomic mass is 9.97. The Morgan fingerprint density at radius 1 is 1.00 bits per heavy atom. The summed E-state index contributed by atoms with van der Waals surface area (Å²) >= 11 is 0. The molecule has 0 spiro atoms. The number of para-hydroxylation sites is 1. The molecule has 1 unspecified atom stereocenters. The molecule has 3 nitrogen and oxygen atoms in total.